The summed E-state index contributed by atoms with van der Waals surface area (Å²) >= 11 is 7.31. The van der Waals surface area contributed by atoms with E-state index in [0.717, 1.165) is 74.5 Å². The first kappa shape index (κ1) is 21.2. The molecule has 4 rings (SSSR count). The van der Waals surface area contributed by atoms with Gasteiger partial charge in [-0.2, -0.15) is 0 Å². The number of fused-ring (bicyclic) bond motifs is 1. The number of hydrogen-bond acceptors (Lipinski definition) is 5. The molecule has 2 aromatic rings. The van der Waals surface area contributed by atoms with Gasteiger partial charge in [0.05, 0.1) is 12.7 Å². The molecule has 0 bridgehead atoms. The van der Waals surface area contributed by atoms with E-state index in [0.29, 0.717) is 10.7 Å². The fraction of sp³-hybridized carbons (Fsp3) is 0.455. The molecule has 1 aromatic heterocycles. The molecule has 1 aromatic carbocycles. The van der Waals surface area contributed by atoms with Crippen molar-refractivity contribution < 1.29 is 13.9 Å². The number of aryl methyl sites for hydroxylation is 1. The van der Waals surface area contributed by atoms with Gasteiger partial charge in [-0.25, -0.2) is 9.18 Å². The second-order valence-corrected chi connectivity index (χ2v) is 9.22. The maximum atomic E-state index is 13.1. The largest absolute Gasteiger partial charge is 0.465 e. The van der Waals surface area contributed by atoms with Gasteiger partial charge in [0.15, 0.2) is 5.11 Å². The zero-order valence-electron chi connectivity index (χ0n) is 17.1. The van der Waals surface area contributed by atoms with Crippen LogP contribution in [0, 0.1) is 5.82 Å². The number of thiocarbonyl (C=S) groups is 1. The number of nitrogens with one attached hydrogen (secondary N) is 1. The van der Waals surface area contributed by atoms with E-state index < -0.39 is 0 Å². The Labute approximate surface area is 185 Å². The average Bonchev–Trinajstić information content (AvgIpc) is 3.13. The fourth-order valence-corrected chi connectivity index (χ4v) is 5.73. The van der Waals surface area contributed by atoms with Crippen LogP contribution in [0.5, 0.6) is 0 Å². The zero-order valence-corrected chi connectivity index (χ0v) is 18.7. The maximum absolute atomic E-state index is 13.1. The van der Waals surface area contributed by atoms with Gasteiger partial charge in [-0.15, -0.1) is 11.3 Å². The van der Waals surface area contributed by atoms with Gasteiger partial charge < -0.3 is 15.0 Å². The van der Waals surface area contributed by atoms with Gasteiger partial charge in [-0.1, -0.05) is 12.1 Å². The number of esters is 1. The molecule has 1 aliphatic carbocycles. The second-order valence-electron chi connectivity index (χ2n) is 7.73. The maximum Gasteiger partial charge on any atom is 0.341 e. The van der Waals surface area contributed by atoms with Gasteiger partial charge in [0.25, 0.3) is 0 Å². The fourth-order valence-electron chi connectivity index (χ4n) is 4.11. The van der Waals surface area contributed by atoms with Crippen LogP contribution in [0.1, 0.15) is 39.2 Å². The topological polar surface area (TPSA) is 44.8 Å². The minimum Gasteiger partial charge on any atom is -0.465 e. The molecular formula is C22H26FN3O2S2. The van der Waals surface area contributed by atoms with E-state index in [4.69, 9.17) is 17.0 Å². The molecule has 0 atom stereocenters. The molecule has 160 valence electrons. The van der Waals surface area contributed by atoms with Crippen LogP contribution in [0.25, 0.3) is 0 Å². The molecule has 1 N–H and O–H groups in total. The standard InChI is InChI=1S/C22H26FN3O2S2/c1-28-21(27)19-17-4-2-3-5-18(17)30-20(19)24-22(29)26-12-10-25(11-13-26)14-15-6-8-16(23)9-7-15/h6-9H,2-5,10-14H2,1H3,(H,24,29). The van der Waals surface area contributed by atoms with Crippen molar-refractivity contribution in [1.82, 2.24) is 9.80 Å². The van der Waals surface area contributed by atoms with E-state index in [1.807, 2.05) is 12.1 Å². The van der Waals surface area contributed by atoms with Gasteiger partial charge in [-0.3, -0.25) is 4.90 Å². The summed E-state index contributed by atoms with van der Waals surface area (Å²) in [6.45, 7) is 4.18. The minimum absolute atomic E-state index is 0.207. The van der Waals surface area contributed by atoms with Crippen LogP contribution in [0.15, 0.2) is 24.3 Å². The molecule has 1 aliphatic heterocycles. The van der Waals surface area contributed by atoms with Gasteiger partial charge in [-0.05, 0) is 61.2 Å². The number of piperazine rings is 1. The molecular weight excluding hydrogens is 421 g/mol. The van der Waals surface area contributed by atoms with Crippen molar-refractivity contribution in [1.29, 1.82) is 0 Å². The Morgan fingerprint density at radius 1 is 1.17 bits per heavy atom. The van der Waals surface area contributed by atoms with Crippen LogP contribution >= 0.6 is 23.6 Å². The van der Waals surface area contributed by atoms with Crippen molar-refractivity contribution in [2.24, 2.45) is 0 Å². The molecule has 1 saturated heterocycles. The summed E-state index contributed by atoms with van der Waals surface area (Å²) in [6.07, 6.45) is 4.20. The number of rotatable bonds is 4. The molecule has 5 nitrogen and oxygen atoms in total. The van der Waals surface area contributed by atoms with Crippen molar-refractivity contribution in [2.75, 3.05) is 38.6 Å². The Morgan fingerprint density at radius 3 is 2.57 bits per heavy atom. The Hall–Kier alpha value is -2.03. The molecule has 0 saturated carbocycles. The van der Waals surface area contributed by atoms with Crippen molar-refractivity contribution in [3.8, 4) is 0 Å². The van der Waals surface area contributed by atoms with E-state index in [9.17, 15) is 9.18 Å². The number of carbonyl (C=O) groups is 1. The van der Waals surface area contributed by atoms with Gasteiger partial charge >= 0.3 is 5.97 Å². The van der Waals surface area contributed by atoms with Crippen LogP contribution < -0.4 is 5.32 Å². The lowest BCUT2D eigenvalue weighted by atomic mass is 9.95. The highest BCUT2D eigenvalue weighted by molar-refractivity contribution is 7.80. The molecule has 2 heterocycles. The normalized spacial score (nSPS) is 16.8. The molecule has 1 fully saturated rings. The lowest BCUT2D eigenvalue weighted by Crippen LogP contribution is -2.49. The molecule has 2 aliphatic rings. The molecule has 0 radical (unpaired) electrons. The summed E-state index contributed by atoms with van der Waals surface area (Å²) in [5, 5.41) is 4.80. The summed E-state index contributed by atoms with van der Waals surface area (Å²) < 4.78 is 18.1. The number of ether oxygens (including phenoxy) is 1. The van der Waals surface area contributed by atoms with Crippen molar-refractivity contribution in [3.05, 3.63) is 51.7 Å². The van der Waals surface area contributed by atoms with E-state index in [-0.39, 0.29) is 11.8 Å². The number of thiophene rings is 1. The first-order valence-electron chi connectivity index (χ1n) is 10.3. The smallest absolute Gasteiger partial charge is 0.341 e. The third kappa shape index (κ3) is 4.66. The number of anilines is 1. The second kappa shape index (κ2) is 9.41. The molecule has 0 unspecified atom stereocenters. The molecule has 0 spiro atoms. The Balaban J connectivity index is 1.38. The third-order valence-corrected chi connectivity index (χ3v) is 7.33. The van der Waals surface area contributed by atoms with E-state index in [1.165, 1.54) is 24.1 Å². The quantitative estimate of drug-likeness (QED) is 0.563. The average molecular weight is 448 g/mol. The lowest BCUT2D eigenvalue weighted by molar-refractivity contribution is 0.0601. The first-order chi connectivity index (χ1) is 14.5. The predicted molar refractivity (Wildman–Crippen MR) is 122 cm³/mol. The number of benzene rings is 1. The van der Waals surface area contributed by atoms with Crippen LogP contribution in [-0.2, 0) is 24.1 Å². The minimum atomic E-state index is -0.288. The SMILES string of the molecule is COC(=O)c1c(NC(=S)N2CCN(Cc3ccc(F)cc3)CC2)sc2c1CCCC2. The van der Waals surface area contributed by atoms with E-state index >= 15 is 0 Å². The van der Waals surface area contributed by atoms with Crippen LogP contribution in [0.3, 0.4) is 0 Å². The Bertz CT molecular complexity index is 921. The summed E-state index contributed by atoms with van der Waals surface area (Å²) in [7, 11) is 1.43. The highest BCUT2D eigenvalue weighted by Crippen LogP contribution is 2.38. The first-order valence-corrected chi connectivity index (χ1v) is 11.5. The van der Waals surface area contributed by atoms with Crippen molar-refractivity contribution >= 4 is 39.6 Å². The van der Waals surface area contributed by atoms with Crippen LogP contribution in [0.4, 0.5) is 9.39 Å². The molecule has 8 heteroatoms. The third-order valence-electron chi connectivity index (χ3n) is 5.76. The van der Waals surface area contributed by atoms with Gasteiger partial charge in [0.1, 0.15) is 10.8 Å². The summed E-state index contributed by atoms with van der Waals surface area (Å²) in [6, 6.07) is 6.68. The summed E-state index contributed by atoms with van der Waals surface area (Å²) in [5.74, 6) is -0.495. The van der Waals surface area contributed by atoms with Crippen molar-refractivity contribution in [2.45, 2.75) is 32.2 Å². The Kier molecular flexibility index (Phi) is 6.65. The monoisotopic (exact) mass is 447 g/mol. The number of methoxy groups -OCH3 is 1. The van der Waals surface area contributed by atoms with Gasteiger partial charge in [0.2, 0.25) is 0 Å². The molecule has 30 heavy (non-hydrogen) atoms. The van der Waals surface area contributed by atoms with Crippen molar-refractivity contribution in [3.63, 3.8) is 0 Å². The lowest BCUT2D eigenvalue weighted by Gasteiger charge is -2.36. The molecule has 0 amide bonds. The highest BCUT2D eigenvalue weighted by atomic mass is 32.1. The van der Waals surface area contributed by atoms with E-state index in [2.05, 4.69) is 15.1 Å². The number of hydrogen-bond donors (Lipinski definition) is 1. The van der Waals surface area contributed by atoms with Gasteiger partial charge in [0, 0.05) is 37.6 Å². The summed E-state index contributed by atoms with van der Waals surface area (Å²) in [5.41, 5.74) is 2.90. The number of halogens is 1. The Morgan fingerprint density at radius 2 is 1.87 bits per heavy atom. The number of nitrogens with zero attached hydrogens (tertiary/aromatic N) is 2. The van der Waals surface area contributed by atoms with Crippen LogP contribution in [0.2, 0.25) is 0 Å². The number of carbonyl (C=O) groups excluding carboxylic acids is 1. The van der Waals surface area contributed by atoms with E-state index in [1.54, 1.807) is 11.3 Å². The highest BCUT2D eigenvalue weighted by Gasteiger charge is 2.27. The zero-order chi connectivity index (χ0) is 21.1. The predicted octanol–water partition coefficient (Wildman–Crippen LogP) is 4.07. The van der Waals surface area contributed by atoms with Crippen LogP contribution in [-0.4, -0.2) is 54.2 Å². The summed E-state index contributed by atoms with van der Waals surface area (Å²) in [4.78, 5) is 18.2.